The summed E-state index contributed by atoms with van der Waals surface area (Å²) in [7, 11) is 3.29. The first kappa shape index (κ1) is 16.5. The first-order valence-electron chi connectivity index (χ1n) is 6.69. The predicted octanol–water partition coefficient (Wildman–Crippen LogP) is 2.36. The minimum atomic E-state index is -0.758. The van der Waals surface area contributed by atoms with Gasteiger partial charge in [0.1, 0.15) is 5.75 Å². The molecular formula is C15H23NO4. The minimum Gasteiger partial charge on any atom is -0.496 e. The van der Waals surface area contributed by atoms with Crippen LogP contribution in [0, 0.1) is 0 Å². The van der Waals surface area contributed by atoms with Crippen LogP contribution in [0.4, 0.5) is 0 Å². The topological polar surface area (TPSA) is 67.8 Å². The zero-order valence-corrected chi connectivity index (χ0v) is 12.3. The van der Waals surface area contributed by atoms with Gasteiger partial charge in [-0.25, -0.2) is 0 Å². The Morgan fingerprint density at radius 1 is 1.40 bits per heavy atom. The first-order chi connectivity index (χ1) is 9.58. The fraction of sp³-hybridized carbons (Fsp3) is 0.533. The van der Waals surface area contributed by atoms with E-state index in [4.69, 9.17) is 14.6 Å². The molecule has 0 aliphatic heterocycles. The van der Waals surface area contributed by atoms with Crippen LogP contribution >= 0.6 is 0 Å². The van der Waals surface area contributed by atoms with E-state index in [9.17, 15) is 4.79 Å². The molecule has 1 atom stereocenters. The lowest BCUT2D eigenvalue weighted by Gasteiger charge is -2.16. The van der Waals surface area contributed by atoms with Gasteiger partial charge in [0.2, 0.25) is 0 Å². The third-order valence-corrected chi connectivity index (χ3v) is 3.12. The highest BCUT2D eigenvalue weighted by molar-refractivity contribution is 5.66. The number of methoxy groups -OCH3 is 2. The Bertz CT molecular complexity index is 434. The Hall–Kier alpha value is -1.59. The van der Waals surface area contributed by atoms with E-state index in [0.717, 1.165) is 16.9 Å². The van der Waals surface area contributed by atoms with Crippen molar-refractivity contribution in [2.75, 3.05) is 20.8 Å². The maximum absolute atomic E-state index is 10.4. The summed E-state index contributed by atoms with van der Waals surface area (Å²) in [6, 6.07) is 6.15. The molecule has 0 heterocycles. The molecule has 1 rings (SSSR count). The molecule has 0 saturated carbocycles. The molecule has 2 N–H and O–H groups in total. The standard InChI is InChI=1S/C15H23NO4/c1-11(16-8-4-5-15(17)18)12-6-7-14(20-3)13(9-12)10-19-2/h6-7,9,11,16H,4-5,8,10H2,1-3H3,(H,17,18). The fourth-order valence-electron chi connectivity index (χ4n) is 2.01. The van der Waals surface area contributed by atoms with Crippen molar-refractivity contribution >= 4 is 5.97 Å². The molecule has 5 nitrogen and oxygen atoms in total. The molecular weight excluding hydrogens is 258 g/mol. The summed E-state index contributed by atoms with van der Waals surface area (Å²) < 4.78 is 10.5. The molecule has 0 spiro atoms. The number of nitrogens with one attached hydrogen (secondary N) is 1. The Balaban J connectivity index is 2.60. The lowest BCUT2D eigenvalue weighted by molar-refractivity contribution is -0.137. The van der Waals surface area contributed by atoms with Gasteiger partial charge in [0.05, 0.1) is 13.7 Å². The largest absolute Gasteiger partial charge is 0.496 e. The molecule has 5 heteroatoms. The van der Waals surface area contributed by atoms with Crippen LogP contribution < -0.4 is 10.1 Å². The quantitative estimate of drug-likeness (QED) is 0.680. The summed E-state index contributed by atoms with van der Waals surface area (Å²) in [6.07, 6.45) is 0.817. The van der Waals surface area contributed by atoms with Crippen molar-refractivity contribution in [3.05, 3.63) is 29.3 Å². The molecule has 0 radical (unpaired) electrons. The maximum atomic E-state index is 10.4. The van der Waals surface area contributed by atoms with Gasteiger partial charge in [-0.3, -0.25) is 4.79 Å². The average Bonchev–Trinajstić information content (AvgIpc) is 2.43. The number of aliphatic carboxylic acids is 1. The molecule has 0 aliphatic carbocycles. The normalized spacial score (nSPS) is 12.2. The van der Waals surface area contributed by atoms with Crippen LogP contribution in [0.2, 0.25) is 0 Å². The second-order valence-corrected chi connectivity index (χ2v) is 4.68. The van der Waals surface area contributed by atoms with E-state index in [2.05, 4.69) is 18.3 Å². The molecule has 0 aliphatic rings. The van der Waals surface area contributed by atoms with E-state index in [-0.39, 0.29) is 12.5 Å². The minimum absolute atomic E-state index is 0.158. The molecule has 0 fully saturated rings. The number of rotatable bonds is 9. The lowest BCUT2D eigenvalue weighted by atomic mass is 10.0. The number of carboxylic acid groups (broad SMARTS) is 1. The van der Waals surface area contributed by atoms with E-state index in [0.29, 0.717) is 19.6 Å². The van der Waals surface area contributed by atoms with E-state index in [1.165, 1.54) is 0 Å². The van der Waals surface area contributed by atoms with Crippen molar-refractivity contribution in [2.45, 2.75) is 32.4 Å². The monoisotopic (exact) mass is 281 g/mol. The molecule has 112 valence electrons. The van der Waals surface area contributed by atoms with Gasteiger partial charge in [-0.05, 0) is 37.6 Å². The van der Waals surface area contributed by atoms with Crippen LogP contribution in [-0.2, 0) is 16.1 Å². The lowest BCUT2D eigenvalue weighted by Crippen LogP contribution is -2.20. The molecule has 1 aromatic carbocycles. The van der Waals surface area contributed by atoms with Crippen LogP contribution in [0.5, 0.6) is 5.75 Å². The number of ether oxygens (including phenoxy) is 2. The molecule has 20 heavy (non-hydrogen) atoms. The predicted molar refractivity (Wildman–Crippen MR) is 77.0 cm³/mol. The van der Waals surface area contributed by atoms with E-state index < -0.39 is 5.97 Å². The Labute approximate surface area is 119 Å². The highest BCUT2D eigenvalue weighted by atomic mass is 16.5. The third-order valence-electron chi connectivity index (χ3n) is 3.12. The molecule has 1 aromatic rings. The number of carboxylic acids is 1. The van der Waals surface area contributed by atoms with Crippen LogP contribution in [0.25, 0.3) is 0 Å². The van der Waals surface area contributed by atoms with Crippen molar-refractivity contribution < 1.29 is 19.4 Å². The summed E-state index contributed by atoms with van der Waals surface area (Å²) in [5.41, 5.74) is 2.14. The maximum Gasteiger partial charge on any atom is 0.303 e. The highest BCUT2D eigenvalue weighted by Crippen LogP contribution is 2.24. The van der Waals surface area contributed by atoms with Crippen LogP contribution in [0.1, 0.15) is 36.9 Å². The second kappa shape index (κ2) is 8.55. The Morgan fingerprint density at radius 2 is 2.15 bits per heavy atom. The smallest absolute Gasteiger partial charge is 0.303 e. The average molecular weight is 281 g/mol. The van der Waals surface area contributed by atoms with Gasteiger partial charge in [-0.15, -0.1) is 0 Å². The van der Waals surface area contributed by atoms with E-state index in [1.54, 1.807) is 14.2 Å². The number of carbonyl (C=O) groups is 1. The molecule has 0 aromatic heterocycles. The summed E-state index contributed by atoms with van der Waals surface area (Å²) in [6.45, 7) is 3.24. The van der Waals surface area contributed by atoms with Gasteiger partial charge in [0, 0.05) is 25.1 Å². The van der Waals surface area contributed by atoms with Gasteiger partial charge in [-0.2, -0.15) is 0 Å². The van der Waals surface area contributed by atoms with Crippen LogP contribution in [0.15, 0.2) is 18.2 Å². The van der Waals surface area contributed by atoms with Gasteiger partial charge < -0.3 is 19.9 Å². The molecule has 0 bridgehead atoms. The highest BCUT2D eigenvalue weighted by Gasteiger charge is 2.09. The molecule has 1 unspecified atom stereocenters. The van der Waals surface area contributed by atoms with Gasteiger partial charge in [-0.1, -0.05) is 6.07 Å². The Kier molecular flexibility index (Phi) is 7.04. The zero-order chi connectivity index (χ0) is 15.0. The Morgan fingerprint density at radius 3 is 2.75 bits per heavy atom. The molecule has 0 saturated heterocycles. The second-order valence-electron chi connectivity index (χ2n) is 4.68. The van der Waals surface area contributed by atoms with Crippen molar-refractivity contribution in [3.63, 3.8) is 0 Å². The first-order valence-corrected chi connectivity index (χ1v) is 6.69. The van der Waals surface area contributed by atoms with Crippen molar-refractivity contribution in [3.8, 4) is 5.75 Å². The van der Waals surface area contributed by atoms with E-state index >= 15 is 0 Å². The summed E-state index contributed by atoms with van der Waals surface area (Å²) in [4.78, 5) is 10.4. The zero-order valence-electron chi connectivity index (χ0n) is 12.3. The summed E-state index contributed by atoms with van der Waals surface area (Å²) in [5, 5.41) is 11.9. The van der Waals surface area contributed by atoms with Crippen molar-refractivity contribution in [1.29, 1.82) is 0 Å². The van der Waals surface area contributed by atoms with Crippen molar-refractivity contribution in [1.82, 2.24) is 5.32 Å². The van der Waals surface area contributed by atoms with E-state index in [1.807, 2.05) is 12.1 Å². The summed E-state index contributed by atoms with van der Waals surface area (Å²) in [5.74, 6) is 0.0555. The molecule has 0 amide bonds. The van der Waals surface area contributed by atoms with Crippen LogP contribution in [0.3, 0.4) is 0 Å². The van der Waals surface area contributed by atoms with Crippen molar-refractivity contribution in [2.24, 2.45) is 0 Å². The fourth-order valence-corrected chi connectivity index (χ4v) is 2.01. The SMILES string of the molecule is COCc1cc(C(C)NCCCC(=O)O)ccc1OC. The van der Waals surface area contributed by atoms with Crippen LogP contribution in [-0.4, -0.2) is 31.8 Å². The summed E-state index contributed by atoms with van der Waals surface area (Å²) >= 11 is 0. The van der Waals surface area contributed by atoms with Gasteiger partial charge in [0.15, 0.2) is 0 Å². The number of hydrogen-bond acceptors (Lipinski definition) is 4. The van der Waals surface area contributed by atoms with Gasteiger partial charge >= 0.3 is 5.97 Å². The third kappa shape index (κ3) is 5.19. The number of benzene rings is 1. The number of hydrogen-bond donors (Lipinski definition) is 2. The van der Waals surface area contributed by atoms with Gasteiger partial charge in [0.25, 0.3) is 0 Å².